The highest BCUT2D eigenvalue weighted by Gasteiger charge is 2.24. The molecule has 17 heavy (non-hydrogen) atoms. The molecule has 1 saturated carbocycles. The van der Waals surface area contributed by atoms with E-state index in [9.17, 15) is 4.39 Å². The summed E-state index contributed by atoms with van der Waals surface area (Å²) in [5.41, 5.74) is 6.72. The lowest BCUT2D eigenvalue weighted by atomic mass is 9.81. The summed E-state index contributed by atoms with van der Waals surface area (Å²) in [5.74, 6) is 0.120. The molecule has 0 radical (unpaired) electrons. The molecule has 2 rings (SSSR count). The van der Waals surface area contributed by atoms with Crippen LogP contribution in [0.15, 0.2) is 16.6 Å². The number of hydrogen-bond donors (Lipinski definition) is 1. The molecule has 1 aliphatic carbocycles. The first kappa shape index (κ1) is 13.3. The van der Waals surface area contributed by atoms with E-state index in [0.29, 0.717) is 21.0 Å². The minimum atomic E-state index is -0.264. The van der Waals surface area contributed by atoms with Crippen LogP contribution in [0, 0.1) is 11.7 Å². The van der Waals surface area contributed by atoms with Gasteiger partial charge in [-0.2, -0.15) is 0 Å². The first-order chi connectivity index (χ1) is 8.09. The molecule has 0 amide bonds. The van der Waals surface area contributed by atoms with E-state index in [1.807, 2.05) is 0 Å². The molecule has 1 fully saturated rings. The Morgan fingerprint density at radius 1 is 1.29 bits per heavy atom. The quantitative estimate of drug-likeness (QED) is 0.777. The Morgan fingerprint density at radius 3 is 2.59 bits per heavy atom. The Kier molecular flexibility index (Phi) is 4.45. The van der Waals surface area contributed by atoms with Crippen molar-refractivity contribution in [2.45, 2.75) is 38.1 Å². The predicted molar refractivity (Wildman–Crippen MR) is 72.6 cm³/mol. The van der Waals surface area contributed by atoms with Gasteiger partial charge in [0, 0.05) is 16.1 Å². The van der Waals surface area contributed by atoms with Gasteiger partial charge in [0.25, 0.3) is 0 Å². The fourth-order valence-corrected chi connectivity index (χ4v) is 3.03. The average molecular weight is 321 g/mol. The van der Waals surface area contributed by atoms with Crippen LogP contribution in [0.3, 0.4) is 0 Å². The van der Waals surface area contributed by atoms with Crippen LogP contribution in [-0.4, -0.2) is 0 Å². The largest absolute Gasteiger partial charge is 0.324 e. The van der Waals surface area contributed by atoms with Crippen LogP contribution in [0.2, 0.25) is 5.02 Å². The third kappa shape index (κ3) is 3.01. The summed E-state index contributed by atoms with van der Waals surface area (Å²) in [6, 6.07) is 2.82. The van der Waals surface area contributed by atoms with Gasteiger partial charge in [0.15, 0.2) is 0 Å². The lowest BCUT2D eigenvalue weighted by Gasteiger charge is -2.28. The molecule has 1 aromatic carbocycles. The summed E-state index contributed by atoms with van der Waals surface area (Å²) in [6.07, 6.45) is 5.85. The number of rotatable bonds is 2. The lowest BCUT2D eigenvalue weighted by molar-refractivity contribution is 0.303. The number of halogens is 3. The van der Waals surface area contributed by atoms with Crippen molar-refractivity contribution in [3.8, 4) is 0 Å². The molecule has 1 aliphatic rings. The molecule has 0 aromatic heterocycles. The van der Waals surface area contributed by atoms with E-state index in [-0.39, 0.29) is 11.9 Å². The molecule has 0 bridgehead atoms. The topological polar surface area (TPSA) is 26.0 Å². The van der Waals surface area contributed by atoms with Crippen molar-refractivity contribution in [2.75, 3.05) is 0 Å². The molecular formula is C13H16BrClFN. The van der Waals surface area contributed by atoms with E-state index >= 15 is 0 Å². The Labute approximate surface area is 115 Å². The minimum absolute atomic E-state index is 0.235. The third-order valence-electron chi connectivity index (χ3n) is 3.56. The standard InChI is InChI=1S/C13H16BrClFN/c14-10-7-12(16)9(6-11(10)15)13(17)8-4-2-1-3-5-8/h6-8,13H,1-5,17H2. The van der Waals surface area contributed by atoms with Gasteiger partial charge in [-0.05, 0) is 46.8 Å². The van der Waals surface area contributed by atoms with Crippen molar-refractivity contribution in [1.82, 2.24) is 0 Å². The number of benzene rings is 1. The number of nitrogens with two attached hydrogens (primary N) is 1. The monoisotopic (exact) mass is 319 g/mol. The van der Waals surface area contributed by atoms with E-state index < -0.39 is 0 Å². The van der Waals surface area contributed by atoms with Gasteiger partial charge in [-0.15, -0.1) is 0 Å². The molecule has 2 N–H and O–H groups in total. The first-order valence-corrected chi connectivity index (χ1v) is 7.16. The van der Waals surface area contributed by atoms with Gasteiger partial charge in [0.05, 0.1) is 5.02 Å². The van der Waals surface area contributed by atoms with Crippen molar-refractivity contribution >= 4 is 27.5 Å². The first-order valence-electron chi connectivity index (χ1n) is 5.99. The van der Waals surface area contributed by atoms with Gasteiger partial charge in [-0.3, -0.25) is 0 Å². The SMILES string of the molecule is NC(c1cc(Cl)c(Br)cc1F)C1CCCCC1. The molecule has 0 aliphatic heterocycles. The molecule has 1 atom stereocenters. The van der Waals surface area contributed by atoms with Crippen LogP contribution in [0.4, 0.5) is 4.39 Å². The van der Waals surface area contributed by atoms with Crippen LogP contribution in [0.5, 0.6) is 0 Å². The summed E-state index contributed by atoms with van der Waals surface area (Å²) in [5, 5.41) is 0.521. The summed E-state index contributed by atoms with van der Waals surface area (Å²) in [4.78, 5) is 0. The molecule has 1 nitrogen and oxygen atoms in total. The lowest BCUT2D eigenvalue weighted by Crippen LogP contribution is -2.24. The van der Waals surface area contributed by atoms with E-state index in [1.54, 1.807) is 6.07 Å². The van der Waals surface area contributed by atoms with Crippen molar-refractivity contribution in [3.63, 3.8) is 0 Å². The zero-order chi connectivity index (χ0) is 12.4. The molecule has 0 heterocycles. The van der Waals surface area contributed by atoms with Gasteiger partial charge in [-0.25, -0.2) is 4.39 Å². The van der Waals surface area contributed by atoms with Crippen molar-refractivity contribution in [1.29, 1.82) is 0 Å². The maximum absolute atomic E-state index is 13.9. The van der Waals surface area contributed by atoms with E-state index in [4.69, 9.17) is 17.3 Å². The van der Waals surface area contributed by atoms with Crippen LogP contribution in [0.1, 0.15) is 43.7 Å². The predicted octanol–water partition coefficient (Wildman–Crippen LogP) is 4.82. The Hall–Kier alpha value is -0.120. The highest BCUT2D eigenvalue weighted by molar-refractivity contribution is 9.10. The Morgan fingerprint density at radius 2 is 1.94 bits per heavy atom. The maximum Gasteiger partial charge on any atom is 0.129 e. The maximum atomic E-state index is 13.9. The van der Waals surface area contributed by atoms with Gasteiger partial charge < -0.3 is 5.73 Å². The molecular weight excluding hydrogens is 305 g/mol. The molecule has 1 unspecified atom stereocenters. The Bertz CT molecular complexity index is 405. The fourth-order valence-electron chi connectivity index (χ4n) is 2.54. The second-order valence-electron chi connectivity index (χ2n) is 4.71. The molecule has 0 spiro atoms. The zero-order valence-corrected chi connectivity index (χ0v) is 11.9. The van der Waals surface area contributed by atoms with Crippen LogP contribution in [-0.2, 0) is 0 Å². The molecule has 0 saturated heterocycles. The molecule has 1 aromatic rings. The second-order valence-corrected chi connectivity index (χ2v) is 5.97. The van der Waals surface area contributed by atoms with Crippen molar-refractivity contribution < 1.29 is 4.39 Å². The van der Waals surface area contributed by atoms with Crippen LogP contribution >= 0.6 is 27.5 Å². The Balaban J connectivity index is 2.23. The van der Waals surface area contributed by atoms with Crippen molar-refractivity contribution in [3.05, 3.63) is 33.0 Å². The van der Waals surface area contributed by atoms with Crippen molar-refractivity contribution in [2.24, 2.45) is 11.7 Å². The number of hydrogen-bond acceptors (Lipinski definition) is 1. The normalized spacial score (nSPS) is 19.3. The minimum Gasteiger partial charge on any atom is -0.324 e. The van der Waals surface area contributed by atoms with Gasteiger partial charge in [0.2, 0.25) is 0 Å². The average Bonchev–Trinajstić information content (AvgIpc) is 2.34. The van der Waals surface area contributed by atoms with Crippen LogP contribution < -0.4 is 5.73 Å². The second kappa shape index (κ2) is 5.68. The van der Waals surface area contributed by atoms with E-state index in [2.05, 4.69) is 15.9 Å². The highest BCUT2D eigenvalue weighted by Crippen LogP contribution is 2.36. The summed E-state index contributed by atoms with van der Waals surface area (Å²) in [7, 11) is 0. The van der Waals surface area contributed by atoms with Gasteiger partial charge >= 0.3 is 0 Å². The summed E-state index contributed by atoms with van der Waals surface area (Å²) >= 11 is 9.21. The van der Waals surface area contributed by atoms with Crippen LogP contribution in [0.25, 0.3) is 0 Å². The highest BCUT2D eigenvalue weighted by atomic mass is 79.9. The third-order valence-corrected chi connectivity index (χ3v) is 4.75. The molecule has 94 valence electrons. The van der Waals surface area contributed by atoms with E-state index in [1.165, 1.54) is 25.3 Å². The zero-order valence-electron chi connectivity index (χ0n) is 9.56. The summed E-state index contributed by atoms with van der Waals surface area (Å²) < 4.78 is 14.4. The molecule has 4 heteroatoms. The van der Waals surface area contributed by atoms with E-state index in [0.717, 1.165) is 12.8 Å². The fraction of sp³-hybridized carbons (Fsp3) is 0.538. The smallest absolute Gasteiger partial charge is 0.129 e. The van der Waals surface area contributed by atoms with Gasteiger partial charge in [-0.1, -0.05) is 30.9 Å². The van der Waals surface area contributed by atoms with Gasteiger partial charge in [0.1, 0.15) is 5.82 Å². The summed E-state index contributed by atoms with van der Waals surface area (Å²) in [6.45, 7) is 0.